The second kappa shape index (κ2) is 3.79. The van der Waals surface area contributed by atoms with E-state index in [1.165, 1.54) is 0 Å². The third kappa shape index (κ3) is 2.10. The smallest absolute Gasteiger partial charge is 0.159 e. The number of aliphatic hydroxyl groups is 1. The van der Waals surface area contributed by atoms with Gasteiger partial charge in [0.05, 0.1) is 10.9 Å². The van der Waals surface area contributed by atoms with Gasteiger partial charge in [-0.15, -0.1) is 0 Å². The predicted molar refractivity (Wildman–Crippen MR) is 56.0 cm³/mol. The van der Waals surface area contributed by atoms with E-state index in [9.17, 15) is 13.5 Å². The van der Waals surface area contributed by atoms with Crippen LogP contribution in [0.25, 0.3) is 0 Å². The first kappa shape index (κ1) is 11.9. The summed E-state index contributed by atoms with van der Waals surface area (Å²) in [6, 6.07) is 0. The fourth-order valence-corrected chi connectivity index (χ4v) is 3.59. The molecule has 0 spiro atoms. The second-order valence-electron chi connectivity index (χ2n) is 4.44. The maximum absolute atomic E-state index is 11.9. The number of hydrogen-bond acceptors (Lipinski definition) is 4. The lowest BCUT2D eigenvalue weighted by Crippen LogP contribution is -2.57. The molecule has 2 atom stereocenters. The van der Waals surface area contributed by atoms with Crippen molar-refractivity contribution in [2.45, 2.75) is 43.3 Å². The lowest BCUT2D eigenvalue weighted by molar-refractivity contribution is 0.0326. The molecule has 1 heterocycles. The highest BCUT2D eigenvalue weighted by molar-refractivity contribution is 7.92. The van der Waals surface area contributed by atoms with Crippen molar-refractivity contribution in [2.24, 2.45) is 0 Å². The van der Waals surface area contributed by atoms with Crippen molar-refractivity contribution in [3.63, 3.8) is 0 Å². The Morgan fingerprint density at radius 1 is 1.50 bits per heavy atom. The summed E-state index contributed by atoms with van der Waals surface area (Å²) in [6.07, 6.45) is 0.490. The van der Waals surface area contributed by atoms with E-state index in [0.29, 0.717) is 19.5 Å². The van der Waals surface area contributed by atoms with E-state index in [1.807, 2.05) is 0 Å². The van der Waals surface area contributed by atoms with Gasteiger partial charge in [-0.1, -0.05) is 0 Å². The van der Waals surface area contributed by atoms with Crippen molar-refractivity contribution in [3.8, 4) is 0 Å². The minimum atomic E-state index is -3.22. The third-order valence-electron chi connectivity index (χ3n) is 2.88. The molecule has 0 aromatic rings. The number of rotatable bonds is 2. The Bertz CT molecular complexity index is 295. The van der Waals surface area contributed by atoms with Crippen LogP contribution in [-0.2, 0) is 9.84 Å². The Hall–Kier alpha value is -0.130. The number of hydrogen-bond donors (Lipinski definition) is 2. The SMILES string of the molecule is CC(C)S(=O)(=O)C1CNCCC1(C)O. The highest BCUT2D eigenvalue weighted by Crippen LogP contribution is 2.26. The van der Waals surface area contributed by atoms with E-state index < -0.39 is 25.9 Å². The third-order valence-corrected chi connectivity index (χ3v) is 5.67. The summed E-state index contributed by atoms with van der Waals surface area (Å²) >= 11 is 0. The molecule has 0 radical (unpaired) electrons. The lowest BCUT2D eigenvalue weighted by atomic mass is 9.94. The Labute approximate surface area is 85.6 Å². The molecular formula is C9H19NO3S. The van der Waals surface area contributed by atoms with Crippen LogP contribution in [-0.4, -0.2) is 42.7 Å². The molecule has 14 heavy (non-hydrogen) atoms. The van der Waals surface area contributed by atoms with E-state index in [0.717, 1.165) is 0 Å². The number of nitrogens with one attached hydrogen (secondary N) is 1. The van der Waals surface area contributed by atoms with Crippen molar-refractivity contribution in [1.29, 1.82) is 0 Å². The van der Waals surface area contributed by atoms with Crippen LogP contribution in [0.3, 0.4) is 0 Å². The minimum Gasteiger partial charge on any atom is -0.389 e. The standard InChI is InChI=1S/C9H19NO3S/c1-7(2)14(12,13)8-6-10-5-4-9(8,3)11/h7-8,10-11H,4-6H2,1-3H3. The minimum absolute atomic E-state index is 0.355. The summed E-state index contributed by atoms with van der Waals surface area (Å²) in [4.78, 5) is 0. The van der Waals surface area contributed by atoms with Crippen LogP contribution in [0.1, 0.15) is 27.2 Å². The molecule has 4 nitrogen and oxygen atoms in total. The number of piperidine rings is 1. The van der Waals surface area contributed by atoms with Crippen molar-refractivity contribution >= 4 is 9.84 Å². The average Bonchev–Trinajstić information content (AvgIpc) is 2.02. The van der Waals surface area contributed by atoms with Crippen LogP contribution in [0.2, 0.25) is 0 Å². The van der Waals surface area contributed by atoms with Crippen molar-refractivity contribution in [3.05, 3.63) is 0 Å². The van der Waals surface area contributed by atoms with Crippen LogP contribution in [0.15, 0.2) is 0 Å². The topological polar surface area (TPSA) is 66.4 Å². The zero-order chi connectivity index (χ0) is 11.0. The molecule has 2 N–H and O–H groups in total. The maximum Gasteiger partial charge on any atom is 0.159 e. The molecule has 0 bridgehead atoms. The van der Waals surface area contributed by atoms with E-state index in [-0.39, 0.29) is 0 Å². The summed E-state index contributed by atoms with van der Waals surface area (Å²) < 4.78 is 23.8. The van der Waals surface area contributed by atoms with Gasteiger partial charge < -0.3 is 10.4 Å². The van der Waals surface area contributed by atoms with Crippen LogP contribution < -0.4 is 5.32 Å². The molecule has 1 fully saturated rings. The maximum atomic E-state index is 11.9. The lowest BCUT2D eigenvalue weighted by Gasteiger charge is -2.37. The molecule has 0 aromatic carbocycles. The van der Waals surface area contributed by atoms with Gasteiger partial charge in [0.2, 0.25) is 0 Å². The first-order valence-electron chi connectivity index (χ1n) is 4.94. The molecule has 1 aliphatic rings. The average molecular weight is 221 g/mol. The molecule has 0 amide bonds. The first-order valence-corrected chi connectivity index (χ1v) is 6.55. The zero-order valence-corrected chi connectivity index (χ0v) is 9.76. The van der Waals surface area contributed by atoms with Gasteiger partial charge in [0.1, 0.15) is 5.25 Å². The van der Waals surface area contributed by atoms with Crippen LogP contribution in [0, 0.1) is 0 Å². The summed E-state index contributed by atoms with van der Waals surface area (Å²) in [5, 5.41) is 11.9. The van der Waals surface area contributed by atoms with Crippen LogP contribution in [0.4, 0.5) is 0 Å². The van der Waals surface area contributed by atoms with Gasteiger partial charge in [0.15, 0.2) is 9.84 Å². The first-order chi connectivity index (χ1) is 6.28. The van der Waals surface area contributed by atoms with E-state index >= 15 is 0 Å². The Kier molecular flexibility index (Phi) is 3.23. The monoisotopic (exact) mass is 221 g/mol. The quantitative estimate of drug-likeness (QED) is 0.684. The molecule has 2 unspecified atom stereocenters. The summed E-state index contributed by atoms with van der Waals surface area (Å²) in [7, 11) is -3.22. The van der Waals surface area contributed by atoms with Gasteiger partial charge in [-0.2, -0.15) is 0 Å². The second-order valence-corrected chi connectivity index (χ2v) is 7.13. The van der Waals surface area contributed by atoms with E-state index in [1.54, 1.807) is 20.8 Å². The van der Waals surface area contributed by atoms with Gasteiger partial charge in [-0.05, 0) is 33.7 Å². The molecule has 1 aliphatic heterocycles. The zero-order valence-electron chi connectivity index (χ0n) is 8.95. The van der Waals surface area contributed by atoms with Gasteiger partial charge in [0, 0.05) is 6.54 Å². The summed E-state index contributed by atoms with van der Waals surface area (Å²) in [5.41, 5.74) is -1.09. The molecule has 0 aromatic heterocycles. The van der Waals surface area contributed by atoms with E-state index in [2.05, 4.69) is 5.32 Å². The highest BCUT2D eigenvalue weighted by atomic mass is 32.2. The van der Waals surface area contributed by atoms with Crippen molar-refractivity contribution in [1.82, 2.24) is 5.32 Å². The van der Waals surface area contributed by atoms with Gasteiger partial charge in [-0.25, -0.2) is 8.42 Å². The van der Waals surface area contributed by atoms with Crippen LogP contribution >= 0.6 is 0 Å². The molecule has 0 aliphatic carbocycles. The largest absolute Gasteiger partial charge is 0.389 e. The van der Waals surface area contributed by atoms with Crippen LogP contribution in [0.5, 0.6) is 0 Å². The molecule has 5 heteroatoms. The van der Waals surface area contributed by atoms with E-state index in [4.69, 9.17) is 0 Å². The molecule has 0 saturated carbocycles. The highest BCUT2D eigenvalue weighted by Gasteiger charge is 2.44. The molecule has 1 rings (SSSR count). The van der Waals surface area contributed by atoms with Gasteiger partial charge >= 0.3 is 0 Å². The fourth-order valence-electron chi connectivity index (χ4n) is 1.75. The Morgan fingerprint density at radius 2 is 2.07 bits per heavy atom. The Balaban J connectivity index is 2.96. The number of sulfone groups is 1. The molecular weight excluding hydrogens is 202 g/mol. The Morgan fingerprint density at radius 3 is 2.50 bits per heavy atom. The van der Waals surface area contributed by atoms with Gasteiger partial charge in [0.25, 0.3) is 0 Å². The van der Waals surface area contributed by atoms with Gasteiger partial charge in [-0.3, -0.25) is 0 Å². The summed E-state index contributed by atoms with van der Waals surface area (Å²) in [6.45, 7) is 5.95. The van der Waals surface area contributed by atoms with Crippen molar-refractivity contribution < 1.29 is 13.5 Å². The predicted octanol–water partition coefficient (Wildman–Crippen LogP) is -0.0775. The molecule has 1 saturated heterocycles. The fraction of sp³-hybridized carbons (Fsp3) is 1.00. The van der Waals surface area contributed by atoms with Crippen molar-refractivity contribution in [2.75, 3.05) is 13.1 Å². The summed E-state index contributed by atoms with van der Waals surface area (Å²) in [5.74, 6) is 0. The molecule has 84 valence electrons. The normalized spacial score (nSPS) is 34.8.